The molecular weight excluding hydrogens is 242 g/mol. The monoisotopic (exact) mass is 269 g/mol. The molecule has 0 amide bonds. The molecule has 1 rings (SSSR count). The Bertz CT molecular complexity index is 306. The molecule has 0 saturated carbocycles. The Balaban J connectivity index is 0.00000289. The van der Waals surface area contributed by atoms with E-state index >= 15 is 0 Å². The van der Waals surface area contributed by atoms with Crippen LogP contribution in [0.4, 0.5) is 0 Å². The van der Waals surface area contributed by atoms with Crippen molar-refractivity contribution in [3.05, 3.63) is 35.9 Å². The first-order valence-electron chi connectivity index (χ1n) is 6.99. The topological polar surface area (TPSA) is 26.0 Å². The van der Waals surface area contributed by atoms with Gasteiger partial charge in [-0.1, -0.05) is 57.5 Å². The lowest BCUT2D eigenvalue weighted by molar-refractivity contribution is 0.234. The maximum atomic E-state index is 6.57. The van der Waals surface area contributed by atoms with E-state index in [1.165, 1.54) is 18.4 Å². The quantitative estimate of drug-likeness (QED) is 0.770. The average molecular weight is 270 g/mol. The van der Waals surface area contributed by atoms with Crippen molar-refractivity contribution in [3.63, 3.8) is 0 Å². The predicted octanol–water partition coefficient (Wildman–Crippen LogP) is 4.58. The Kier molecular flexibility index (Phi) is 8.30. The van der Waals surface area contributed by atoms with Crippen LogP contribution in [0, 0.1) is 5.92 Å². The first-order valence-corrected chi connectivity index (χ1v) is 6.99. The molecule has 0 heterocycles. The molecule has 1 nitrogen and oxygen atoms in total. The van der Waals surface area contributed by atoms with Crippen LogP contribution < -0.4 is 5.73 Å². The van der Waals surface area contributed by atoms with Gasteiger partial charge >= 0.3 is 0 Å². The fraction of sp³-hybridized carbons (Fsp3) is 0.625. The Hall–Kier alpha value is -0.530. The molecule has 0 aromatic heterocycles. The lowest BCUT2D eigenvalue weighted by Crippen LogP contribution is -2.47. The van der Waals surface area contributed by atoms with E-state index in [2.05, 4.69) is 51.1 Å². The Morgan fingerprint density at radius 1 is 1.06 bits per heavy atom. The van der Waals surface area contributed by atoms with Gasteiger partial charge in [0, 0.05) is 5.54 Å². The van der Waals surface area contributed by atoms with Crippen LogP contribution in [0.2, 0.25) is 0 Å². The second kappa shape index (κ2) is 8.55. The number of halogens is 1. The van der Waals surface area contributed by atoms with Gasteiger partial charge in [0.25, 0.3) is 0 Å². The maximum absolute atomic E-state index is 6.57. The third-order valence-electron chi connectivity index (χ3n) is 4.09. The average Bonchev–Trinajstić information content (AvgIpc) is 2.38. The van der Waals surface area contributed by atoms with Crippen LogP contribution >= 0.6 is 12.4 Å². The van der Waals surface area contributed by atoms with Gasteiger partial charge in [-0.25, -0.2) is 0 Å². The minimum Gasteiger partial charge on any atom is -0.325 e. The molecular formula is C16H28ClN. The van der Waals surface area contributed by atoms with Crippen molar-refractivity contribution in [3.8, 4) is 0 Å². The normalized spacial score (nSPS) is 12.9. The molecule has 1 aromatic rings. The van der Waals surface area contributed by atoms with Gasteiger partial charge in [0.1, 0.15) is 0 Å². The molecule has 104 valence electrons. The number of rotatable bonds is 7. The number of hydrogen-bond acceptors (Lipinski definition) is 1. The molecule has 0 radical (unpaired) electrons. The van der Waals surface area contributed by atoms with Gasteiger partial charge in [0.05, 0.1) is 0 Å². The Labute approximate surface area is 119 Å². The standard InChI is InChI=1S/C16H27N.ClH/c1-4-10-15(16(17,5-2)6-3)13-14-11-8-7-9-12-14;/h7-9,11-12,15H,4-6,10,13,17H2,1-3H3;1H. The summed E-state index contributed by atoms with van der Waals surface area (Å²) in [5.41, 5.74) is 8.00. The third kappa shape index (κ3) is 4.62. The molecule has 0 aliphatic rings. The summed E-state index contributed by atoms with van der Waals surface area (Å²) in [6, 6.07) is 10.7. The highest BCUT2D eigenvalue weighted by molar-refractivity contribution is 5.85. The smallest absolute Gasteiger partial charge is 0.0180 e. The van der Waals surface area contributed by atoms with Crippen LogP contribution in [0.25, 0.3) is 0 Å². The van der Waals surface area contributed by atoms with E-state index in [9.17, 15) is 0 Å². The molecule has 0 saturated heterocycles. The largest absolute Gasteiger partial charge is 0.325 e. The van der Waals surface area contributed by atoms with Gasteiger partial charge in [-0.05, 0) is 37.2 Å². The SMILES string of the molecule is CCCC(Cc1ccccc1)C(N)(CC)CC.Cl. The fourth-order valence-corrected chi connectivity index (χ4v) is 2.67. The van der Waals surface area contributed by atoms with Gasteiger partial charge in [0.15, 0.2) is 0 Å². The minimum absolute atomic E-state index is 0. The summed E-state index contributed by atoms with van der Waals surface area (Å²) in [4.78, 5) is 0. The van der Waals surface area contributed by atoms with E-state index in [1.54, 1.807) is 0 Å². The van der Waals surface area contributed by atoms with E-state index in [-0.39, 0.29) is 17.9 Å². The van der Waals surface area contributed by atoms with E-state index in [0.29, 0.717) is 5.92 Å². The van der Waals surface area contributed by atoms with Crippen LogP contribution in [0.15, 0.2) is 30.3 Å². The first kappa shape index (κ1) is 17.5. The zero-order chi connectivity index (χ0) is 12.7. The lowest BCUT2D eigenvalue weighted by atomic mass is 9.75. The van der Waals surface area contributed by atoms with Crippen LogP contribution in [-0.4, -0.2) is 5.54 Å². The molecule has 0 aliphatic carbocycles. The van der Waals surface area contributed by atoms with E-state index in [4.69, 9.17) is 5.73 Å². The summed E-state index contributed by atoms with van der Waals surface area (Å²) in [6.07, 6.45) is 5.71. The lowest BCUT2D eigenvalue weighted by Gasteiger charge is -2.36. The van der Waals surface area contributed by atoms with Gasteiger partial charge in [-0.3, -0.25) is 0 Å². The van der Waals surface area contributed by atoms with Gasteiger partial charge in [-0.2, -0.15) is 0 Å². The van der Waals surface area contributed by atoms with Crippen LogP contribution in [0.5, 0.6) is 0 Å². The highest BCUT2D eigenvalue weighted by Crippen LogP contribution is 2.29. The molecule has 1 unspecified atom stereocenters. The van der Waals surface area contributed by atoms with E-state index < -0.39 is 0 Å². The second-order valence-electron chi connectivity index (χ2n) is 5.12. The fourth-order valence-electron chi connectivity index (χ4n) is 2.67. The molecule has 0 fully saturated rings. The van der Waals surface area contributed by atoms with Gasteiger partial charge in [-0.15, -0.1) is 12.4 Å². The zero-order valence-electron chi connectivity index (χ0n) is 12.0. The van der Waals surface area contributed by atoms with Gasteiger partial charge in [0.2, 0.25) is 0 Å². The first-order chi connectivity index (χ1) is 8.16. The second-order valence-corrected chi connectivity index (χ2v) is 5.12. The summed E-state index contributed by atoms with van der Waals surface area (Å²) >= 11 is 0. The number of benzene rings is 1. The maximum Gasteiger partial charge on any atom is 0.0180 e. The molecule has 0 aliphatic heterocycles. The van der Waals surface area contributed by atoms with Crippen molar-refractivity contribution in [2.45, 2.75) is 58.4 Å². The van der Waals surface area contributed by atoms with E-state index in [1.807, 2.05) is 0 Å². The molecule has 2 N–H and O–H groups in total. The van der Waals surface area contributed by atoms with Crippen molar-refractivity contribution in [2.75, 3.05) is 0 Å². The van der Waals surface area contributed by atoms with Crippen LogP contribution in [-0.2, 0) is 6.42 Å². The Morgan fingerprint density at radius 2 is 1.61 bits per heavy atom. The van der Waals surface area contributed by atoms with Crippen LogP contribution in [0.1, 0.15) is 52.0 Å². The number of nitrogens with two attached hydrogens (primary N) is 1. The summed E-state index contributed by atoms with van der Waals surface area (Å²) in [5, 5.41) is 0. The minimum atomic E-state index is 0. The molecule has 2 heteroatoms. The predicted molar refractivity (Wildman–Crippen MR) is 83.3 cm³/mol. The molecule has 0 bridgehead atoms. The zero-order valence-corrected chi connectivity index (χ0v) is 12.8. The summed E-state index contributed by atoms with van der Waals surface area (Å²) < 4.78 is 0. The van der Waals surface area contributed by atoms with Crippen molar-refractivity contribution < 1.29 is 0 Å². The summed E-state index contributed by atoms with van der Waals surface area (Å²) in [7, 11) is 0. The van der Waals surface area contributed by atoms with Crippen molar-refractivity contribution in [1.29, 1.82) is 0 Å². The van der Waals surface area contributed by atoms with Crippen molar-refractivity contribution in [1.82, 2.24) is 0 Å². The van der Waals surface area contributed by atoms with E-state index in [0.717, 1.165) is 19.3 Å². The van der Waals surface area contributed by atoms with Gasteiger partial charge < -0.3 is 5.73 Å². The molecule has 18 heavy (non-hydrogen) atoms. The molecule has 0 spiro atoms. The highest BCUT2D eigenvalue weighted by atomic mass is 35.5. The van der Waals surface area contributed by atoms with Crippen molar-refractivity contribution in [2.24, 2.45) is 11.7 Å². The van der Waals surface area contributed by atoms with Crippen LogP contribution in [0.3, 0.4) is 0 Å². The third-order valence-corrected chi connectivity index (χ3v) is 4.09. The number of hydrogen-bond donors (Lipinski definition) is 1. The molecule has 1 aromatic carbocycles. The molecule has 1 atom stereocenters. The Morgan fingerprint density at radius 3 is 2.06 bits per heavy atom. The summed E-state index contributed by atoms with van der Waals surface area (Å²) in [6.45, 7) is 6.69. The summed E-state index contributed by atoms with van der Waals surface area (Å²) in [5.74, 6) is 0.602. The van der Waals surface area contributed by atoms with Crippen molar-refractivity contribution >= 4 is 12.4 Å². The highest BCUT2D eigenvalue weighted by Gasteiger charge is 2.30.